The van der Waals surface area contributed by atoms with Gasteiger partial charge in [-0.1, -0.05) is 0 Å². The second-order valence-corrected chi connectivity index (χ2v) is 5.54. The third kappa shape index (κ3) is 3.12. The van der Waals surface area contributed by atoms with Gasteiger partial charge in [0.2, 0.25) is 0 Å². The van der Waals surface area contributed by atoms with Gasteiger partial charge in [0.1, 0.15) is 5.82 Å². The summed E-state index contributed by atoms with van der Waals surface area (Å²) >= 11 is 0. The van der Waals surface area contributed by atoms with E-state index in [1.165, 1.54) is 0 Å². The molecule has 0 saturated carbocycles. The van der Waals surface area contributed by atoms with Crippen molar-refractivity contribution in [1.29, 1.82) is 0 Å². The van der Waals surface area contributed by atoms with Gasteiger partial charge in [-0.2, -0.15) is 13.2 Å². The lowest BCUT2D eigenvalue weighted by atomic mass is 10.1. The van der Waals surface area contributed by atoms with Gasteiger partial charge in [-0.05, 0) is 19.1 Å². The third-order valence-electron chi connectivity index (χ3n) is 3.89. The summed E-state index contributed by atoms with van der Waals surface area (Å²) in [5.74, 6) is -0.158. The van der Waals surface area contributed by atoms with Crippen LogP contribution in [0.3, 0.4) is 0 Å². The largest absolute Gasteiger partial charge is 0.417 e. The molecule has 1 saturated heterocycles. The van der Waals surface area contributed by atoms with Crippen LogP contribution < -0.4 is 10.6 Å². The number of morpholine rings is 1. The van der Waals surface area contributed by atoms with E-state index in [2.05, 4.69) is 14.9 Å². The van der Waals surface area contributed by atoms with Gasteiger partial charge in [-0.15, -0.1) is 0 Å². The predicted octanol–water partition coefficient (Wildman–Crippen LogP) is 2.90. The Kier molecular flexibility index (Phi) is 3.93. The summed E-state index contributed by atoms with van der Waals surface area (Å²) in [6.07, 6.45) is -1.64. The van der Waals surface area contributed by atoms with E-state index < -0.39 is 11.7 Å². The minimum Gasteiger partial charge on any atom is -0.384 e. The predicted molar refractivity (Wildman–Crippen MR) is 81.1 cm³/mol. The van der Waals surface area contributed by atoms with Gasteiger partial charge in [0.15, 0.2) is 0 Å². The number of nitrogens with zero attached hydrogens (tertiary/aromatic N) is 2. The first-order valence-electron chi connectivity index (χ1n) is 7.22. The fourth-order valence-electron chi connectivity index (χ4n) is 2.74. The van der Waals surface area contributed by atoms with Crippen LogP contribution in [0.25, 0.3) is 11.3 Å². The highest BCUT2D eigenvalue weighted by Gasteiger charge is 2.34. The highest BCUT2D eigenvalue weighted by Crippen LogP contribution is 2.38. The SMILES string of the molecule is C[C@H]1COCCN1c1c[nH]c(-c2cnc(N)cc2C(F)(F)F)c1. The van der Waals surface area contributed by atoms with Crippen LogP contribution in [0.5, 0.6) is 0 Å². The van der Waals surface area contributed by atoms with Gasteiger partial charge >= 0.3 is 6.18 Å². The number of halogens is 3. The minimum atomic E-state index is -4.50. The molecule has 1 fully saturated rings. The van der Waals surface area contributed by atoms with Gasteiger partial charge in [-0.3, -0.25) is 0 Å². The summed E-state index contributed by atoms with van der Waals surface area (Å²) in [7, 11) is 0. The van der Waals surface area contributed by atoms with E-state index in [9.17, 15) is 13.2 Å². The van der Waals surface area contributed by atoms with E-state index in [-0.39, 0.29) is 17.4 Å². The summed E-state index contributed by atoms with van der Waals surface area (Å²) in [4.78, 5) is 8.80. The zero-order valence-corrected chi connectivity index (χ0v) is 12.5. The van der Waals surface area contributed by atoms with E-state index >= 15 is 0 Å². The number of nitrogens with one attached hydrogen (secondary N) is 1. The Hall–Kier alpha value is -2.22. The summed E-state index contributed by atoms with van der Waals surface area (Å²) in [6, 6.07) is 2.72. The molecule has 1 aliphatic rings. The number of alkyl halides is 3. The first-order chi connectivity index (χ1) is 10.9. The summed E-state index contributed by atoms with van der Waals surface area (Å²) in [6.45, 7) is 3.90. The van der Waals surface area contributed by atoms with Crippen molar-refractivity contribution in [2.45, 2.75) is 19.1 Å². The van der Waals surface area contributed by atoms with Gasteiger partial charge in [0.25, 0.3) is 0 Å². The summed E-state index contributed by atoms with van der Waals surface area (Å²) in [5.41, 5.74) is 5.78. The van der Waals surface area contributed by atoms with Gasteiger partial charge < -0.3 is 20.4 Å². The molecule has 124 valence electrons. The van der Waals surface area contributed by atoms with Gasteiger partial charge in [0, 0.05) is 36.2 Å². The van der Waals surface area contributed by atoms with Crippen molar-refractivity contribution in [3.05, 3.63) is 30.1 Å². The first-order valence-corrected chi connectivity index (χ1v) is 7.22. The lowest BCUT2D eigenvalue weighted by Gasteiger charge is -2.34. The Morgan fingerprint density at radius 2 is 2.17 bits per heavy atom. The maximum absolute atomic E-state index is 13.2. The van der Waals surface area contributed by atoms with E-state index in [0.29, 0.717) is 25.5 Å². The molecule has 0 unspecified atom stereocenters. The zero-order chi connectivity index (χ0) is 16.6. The molecule has 8 heteroatoms. The van der Waals surface area contributed by atoms with Crippen molar-refractivity contribution in [2.75, 3.05) is 30.4 Å². The van der Waals surface area contributed by atoms with Crippen molar-refractivity contribution in [1.82, 2.24) is 9.97 Å². The molecule has 23 heavy (non-hydrogen) atoms. The van der Waals surface area contributed by atoms with Crippen molar-refractivity contribution >= 4 is 11.5 Å². The van der Waals surface area contributed by atoms with Crippen LogP contribution in [0.2, 0.25) is 0 Å². The molecular formula is C15H17F3N4O. The fourth-order valence-corrected chi connectivity index (χ4v) is 2.74. The Morgan fingerprint density at radius 1 is 1.39 bits per heavy atom. The molecule has 2 aromatic rings. The van der Waals surface area contributed by atoms with E-state index in [4.69, 9.17) is 10.5 Å². The zero-order valence-electron chi connectivity index (χ0n) is 12.5. The number of anilines is 2. The molecule has 0 radical (unpaired) electrons. The average Bonchev–Trinajstić information content (AvgIpc) is 2.96. The van der Waals surface area contributed by atoms with Gasteiger partial charge in [0.05, 0.1) is 24.5 Å². The first kappa shape index (κ1) is 15.7. The number of pyridine rings is 1. The minimum absolute atomic E-state index is 0.0149. The Labute approximate surface area is 131 Å². The second kappa shape index (κ2) is 5.77. The quantitative estimate of drug-likeness (QED) is 0.890. The molecule has 1 atom stereocenters. The lowest BCUT2D eigenvalue weighted by Crippen LogP contribution is -2.43. The van der Waals surface area contributed by atoms with E-state index in [1.54, 1.807) is 12.3 Å². The molecule has 0 bridgehead atoms. The molecule has 2 aromatic heterocycles. The Morgan fingerprint density at radius 3 is 2.87 bits per heavy atom. The van der Waals surface area contributed by atoms with Crippen LogP contribution in [-0.2, 0) is 10.9 Å². The fraction of sp³-hybridized carbons (Fsp3) is 0.400. The second-order valence-electron chi connectivity index (χ2n) is 5.54. The van der Waals surface area contributed by atoms with Gasteiger partial charge in [-0.25, -0.2) is 4.98 Å². The molecule has 0 amide bonds. The monoisotopic (exact) mass is 326 g/mol. The smallest absolute Gasteiger partial charge is 0.384 e. The number of H-pyrrole nitrogens is 1. The number of nitrogen functional groups attached to an aromatic ring is 1. The van der Waals surface area contributed by atoms with E-state index in [0.717, 1.165) is 18.0 Å². The molecule has 5 nitrogen and oxygen atoms in total. The highest BCUT2D eigenvalue weighted by molar-refractivity contribution is 5.70. The van der Waals surface area contributed by atoms with Crippen molar-refractivity contribution in [3.8, 4) is 11.3 Å². The van der Waals surface area contributed by atoms with E-state index in [1.807, 2.05) is 6.92 Å². The number of rotatable bonds is 2. The number of hydrogen-bond donors (Lipinski definition) is 2. The van der Waals surface area contributed by atoms with Crippen LogP contribution in [0, 0.1) is 0 Å². The molecule has 0 spiro atoms. The summed E-state index contributed by atoms with van der Waals surface area (Å²) < 4.78 is 45.0. The van der Waals surface area contributed by atoms with Crippen molar-refractivity contribution < 1.29 is 17.9 Å². The maximum atomic E-state index is 13.2. The van der Waals surface area contributed by atoms with Crippen LogP contribution in [0.15, 0.2) is 24.5 Å². The third-order valence-corrected chi connectivity index (χ3v) is 3.89. The maximum Gasteiger partial charge on any atom is 0.417 e. The Bertz CT molecular complexity index is 698. The van der Waals surface area contributed by atoms with Crippen LogP contribution in [-0.4, -0.2) is 35.8 Å². The standard InChI is InChI=1S/C15H17F3N4O/c1-9-8-23-3-2-22(9)10-4-13(20-6-10)11-7-21-14(19)5-12(11)15(16,17)18/h4-7,9,20H,2-3,8H2,1H3,(H2,19,21)/t9-/m0/s1. The van der Waals surface area contributed by atoms with Crippen molar-refractivity contribution in [2.24, 2.45) is 0 Å². The number of nitrogens with two attached hydrogens (primary N) is 1. The van der Waals surface area contributed by atoms with Crippen LogP contribution in [0.4, 0.5) is 24.7 Å². The van der Waals surface area contributed by atoms with Crippen molar-refractivity contribution in [3.63, 3.8) is 0 Å². The molecule has 3 rings (SSSR count). The normalized spacial score (nSPS) is 19.1. The van der Waals surface area contributed by atoms with Crippen LogP contribution in [0.1, 0.15) is 12.5 Å². The molecule has 1 aliphatic heterocycles. The topological polar surface area (TPSA) is 67.2 Å². The highest BCUT2D eigenvalue weighted by atomic mass is 19.4. The molecule has 3 N–H and O–H groups in total. The number of aromatic amines is 1. The van der Waals surface area contributed by atoms with Crippen LogP contribution >= 0.6 is 0 Å². The number of hydrogen-bond acceptors (Lipinski definition) is 4. The lowest BCUT2D eigenvalue weighted by molar-refractivity contribution is -0.137. The summed E-state index contributed by atoms with van der Waals surface area (Å²) in [5, 5.41) is 0. The molecular weight excluding hydrogens is 309 g/mol. The molecule has 0 aromatic carbocycles. The molecule has 3 heterocycles. The molecule has 0 aliphatic carbocycles. The number of ether oxygens (including phenoxy) is 1. The average molecular weight is 326 g/mol. The Balaban J connectivity index is 1.98. The number of aromatic nitrogens is 2.